The Morgan fingerprint density at radius 2 is 1.40 bits per heavy atom. The Balaban J connectivity index is 2.40. The molecule has 0 atom stereocenters. The zero-order valence-electron chi connectivity index (χ0n) is 13.1. The first kappa shape index (κ1) is 16.8. The fourth-order valence-electron chi connectivity index (χ4n) is 2.43. The van der Waals surface area contributed by atoms with Gasteiger partial charge in [-0.15, -0.1) is 0 Å². The second kappa shape index (κ2) is 9.65. The molecule has 0 saturated heterocycles. The largest absolute Gasteiger partial charge is 0.493 e. The first-order valence-electron chi connectivity index (χ1n) is 7.55. The quantitative estimate of drug-likeness (QED) is 0.661. The fraction of sp³-hybridized carbons (Fsp3) is 0.647. The van der Waals surface area contributed by atoms with Crippen LogP contribution in [0.3, 0.4) is 0 Å². The minimum atomic E-state index is 0.324. The number of aryl methyl sites for hydroxylation is 2. The number of aliphatic hydroxyl groups is 1. The first-order chi connectivity index (χ1) is 9.72. The summed E-state index contributed by atoms with van der Waals surface area (Å²) in [6.45, 7) is 2.45. The van der Waals surface area contributed by atoms with Crippen LogP contribution in [0.4, 0.5) is 0 Å². The number of ether oxygens (including phenoxy) is 2. The van der Waals surface area contributed by atoms with E-state index < -0.39 is 0 Å². The molecule has 0 aliphatic carbocycles. The van der Waals surface area contributed by atoms with Gasteiger partial charge in [0.05, 0.1) is 14.2 Å². The van der Waals surface area contributed by atoms with Crippen molar-refractivity contribution in [2.75, 3.05) is 20.8 Å². The van der Waals surface area contributed by atoms with Crippen LogP contribution < -0.4 is 9.47 Å². The van der Waals surface area contributed by atoms with Crippen molar-refractivity contribution in [1.82, 2.24) is 0 Å². The molecule has 3 nitrogen and oxygen atoms in total. The van der Waals surface area contributed by atoms with Crippen molar-refractivity contribution in [3.63, 3.8) is 0 Å². The van der Waals surface area contributed by atoms with Gasteiger partial charge in [0.25, 0.3) is 0 Å². The third kappa shape index (κ3) is 5.41. The predicted octanol–water partition coefficient (Wildman–Crippen LogP) is 3.89. The molecule has 0 saturated carbocycles. The maximum absolute atomic E-state index is 8.72. The Morgan fingerprint density at radius 3 is 2.00 bits per heavy atom. The van der Waals surface area contributed by atoms with Gasteiger partial charge in [0.1, 0.15) is 0 Å². The van der Waals surface area contributed by atoms with Crippen LogP contribution in [-0.2, 0) is 6.42 Å². The standard InChI is InChI=1S/C17H28O3/c1-14-12-16(19-2)17(20-3)13-15(14)10-8-6-4-5-7-9-11-18/h12-13,18H,4-11H2,1-3H3. The lowest BCUT2D eigenvalue weighted by molar-refractivity contribution is 0.282. The summed E-state index contributed by atoms with van der Waals surface area (Å²) in [5.41, 5.74) is 2.61. The smallest absolute Gasteiger partial charge is 0.161 e. The Kier molecular flexibility index (Phi) is 8.12. The van der Waals surface area contributed by atoms with Gasteiger partial charge >= 0.3 is 0 Å². The molecular formula is C17H28O3. The van der Waals surface area contributed by atoms with E-state index in [0.717, 1.165) is 30.8 Å². The molecule has 0 aliphatic rings. The van der Waals surface area contributed by atoms with Gasteiger partial charge in [0.15, 0.2) is 11.5 Å². The van der Waals surface area contributed by atoms with Crippen LogP contribution in [0.5, 0.6) is 11.5 Å². The molecule has 0 aliphatic heterocycles. The molecule has 1 aromatic rings. The molecule has 1 N–H and O–H groups in total. The van der Waals surface area contributed by atoms with Crippen molar-refractivity contribution < 1.29 is 14.6 Å². The van der Waals surface area contributed by atoms with Gasteiger partial charge in [-0.25, -0.2) is 0 Å². The molecule has 0 spiro atoms. The highest BCUT2D eigenvalue weighted by Gasteiger charge is 2.08. The second-order valence-corrected chi connectivity index (χ2v) is 5.23. The Bertz CT molecular complexity index is 388. The minimum absolute atomic E-state index is 0.324. The van der Waals surface area contributed by atoms with Crippen molar-refractivity contribution in [3.8, 4) is 11.5 Å². The number of methoxy groups -OCH3 is 2. The lowest BCUT2D eigenvalue weighted by atomic mass is 10.0. The predicted molar refractivity (Wildman–Crippen MR) is 82.8 cm³/mol. The van der Waals surface area contributed by atoms with Crippen molar-refractivity contribution in [1.29, 1.82) is 0 Å². The van der Waals surface area contributed by atoms with Crippen molar-refractivity contribution in [3.05, 3.63) is 23.3 Å². The molecule has 0 heterocycles. The van der Waals surface area contributed by atoms with Crippen molar-refractivity contribution in [2.24, 2.45) is 0 Å². The summed E-state index contributed by atoms with van der Waals surface area (Å²) in [6.07, 6.45) is 8.11. The summed E-state index contributed by atoms with van der Waals surface area (Å²) < 4.78 is 10.7. The van der Waals surface area contributed by atoms with Gasteiger partial charge in [0, 0.05) is 6.61 Å². The third-order valence-corrected chi connectivity index (χ3v) is 3.70. The van der Waals surface area contributed by atoms with E-state index >= 15 is 0 Å². The number of hydrogen-bond donors (Lipinski definition) is 1. The third-order valence-electron chi connectivity index (χ3n) is 3.70. The van der Waals surface area contributed by atoms with Crippen LogP contribution in [0.1, 0.15) is 49.7 Å². The van der Waals surface area contributed by atoms with Crippen LogP contribution in [0, 0.1) is 6.92 Å². The summed E-state index contributed by atoms with van der Waals surface area (Å²) in [6, 6.07) is 4.15. The lowest BCUT2D eigenvalue weighted by Crippen LogP contribution is -1.96. The van der Waals surface area contributed by atoms with E-state index in [-0.39, 0.29) is 0 Å². The van der Waals surface area contributed by atoms with Gasteiger partial charge in [-0.05, 0) is 49.4 Å². The van der Waals surface area contributed by atoms with Crippen LogP contribution in [-0.4, -0.2) is 25.9 Å². The topological polar surface area (TPSA) is 38.7 Å². The van der Waals surface area contributed by atoms with E-state index in [0.29, 0.717) is 6.61 Å². The fourth-order valence-corrected chi connectivity index (χ4v) is 2.43. The number of benzene rings is 1. The minimum Gasteiger partial charge on any atom is -0.493 e. The molecule has 114 valence electrons. The summed E-state index contributed by atoms with van der Waals surface area (Å²) >= 11 is 0. The number of rotatable bonds is 10. The highest BCUT2D eigenvalue weighted by molar-refractivity contribution is 5.47. The summed E-state index contributed by atoms with van der Waals surface area (Å²) in [5, 5.41) is 8.72. The molecule has 0 fully saturated rings. The van der Waals surface area contributed by atoms with Crippen molar-refractivity contribution in [2.45, 2.75) is 51.9 Å². The molecule has 1 aromatic carbocycles. The number of unbranched alkanes of at least 4 members (excludes halogenated alkanes) is 5. The summed E-state index contributed by atoms with van der Waals surface area (Å²) in [4.78, 5) is 0. The molecule has 0 bridgehead atoms. The van der Waals surface area contributed by atoms with Crippen LogP contribution in [0.15, 0.2) is 12.1 Å². The van der Waals surface area contributed by atoms with Gasteiger partial charge in [-0.3, -0.25) is 0 Å². The Hall–Kier alpha value is -1.22. The van der Waals surface area contributed by atoms with Crippen LogP contribution in [0.25, 0.3) is 0 Å². The molecule has 3 heteroatoms. The first-order valence-corrected chi connectivity index (χ1v) is 7.55. The van der Waals surface area contributed by atoms with E-state index in [4.69, 9.17) is 14.6 Å². The highest BCUT2D eigenvalue weighted by Crippen LogP contribution is 2.30. The maximum Gasteiger partial charge on any atom is 0.161 e. The SMILES string of the molecule is COc1cc(C)c(CCCCCCCCO)cc1OC. The molecule has 0 unspecified atom stereocenters. The van der Waals surface area contributed by atoms with Crippen LogP contribution in [0.2, 0.25) is 0 Å². The Morgan fingerprint density at radius 1 is 0.850 bits per heavy atom. The van der Waals surface area contributed by atoms with Gasteiger partial charge in [0.2, 0.25) is 0 Å². The molecule has 1 rings (SSSR count). The molecular weight excluding hydrogens is 252 g/mol. The summed E-state index contributed by atoms with van der Waals surface area (Å²) in [7, 11) is 3.35. The number of aliphatic hydroxyl groups excluding tert-OH is 1. The monoisotopic (exact) mass is 280 g/mol. The van der Waals surface area contributed by atoms with E-state index in [1.165, 1.54) is 36.8 Å². The lowest BCUT2D eigenvalue weighted by Gasteiger charge is -2.12. The normalized spacial score (nSPS) is 10.6. The number of hydrogen-bond acceptors (Lipinski definition) is 3. The zero-order valence-corrected chi connectivity index (χ0v) is 13.1. The average molecular weight is 280 g/mol. The Labute approximate surface area is 122 Å². The van der Waals surface area contributed by atoms with Crippen molar-refractivity contribution >= 4 is 0 Å². The van der Waals surface area contributed by atoms with Crippen LogP contribution >= 0.6 is 0 Å². The molecule has 20 heavy (non-hydrogen) atoms. The van der Waals surface area contributed by atoms with E-state index in [1.54, 1.807) is 14.2 Å². The van der Waals surface area contributed by atoms with Gasteiger partial charge in [-0.1, -0.05) is 25.7 Å². The van der Waals surface area contributed by atoms with Gasteiger partial charge < -0.3 is 14.6 Å². The van der Waals surface area contributed by atoms with E-state index in [1.807, 2.05) is 0 Å². The summed E-state index contributed by atoms with van der Waals surface area (Å²) in [5.74, 6) is 1.62. The molecule has 0 amide bonds. The zero-order chi connectivity index (χ0) is 14.8. The van der Waals surface area contributed by atoms with E-state index in [2.05, 4.69) is 19.1 Å². The van der Waals surface area contributed by atoms with Gasteiger partial charge in [-0.2, -0.15) is 0 Å². The average Bonchev–Trinajstić information content (AvgIpc) is 2.47. The maximum atomic E-state index is 8.72. The molecule has 0 radical (unpaired) electrons. The highest BCUT2D eigenvalue weighted by atomic mass is 16.5. The second-order valence-electron chi connectivity index (χ2n) is 5.23. The molecule has 0 aromatic heterocycles. The van der Waals surface area contributed by atoms with E-state index in [9.17, 15) is 0 Å².